The fraction of sp³-hybridized carbons (Fsp3) is 0.600. The Morgan fingerprint density at radius 1 is 1.53 bits per heavy atom. The molecule has 0 bridgehead atoms. The van der Waals surface area contributed by atoms with Crippen molar-refractivity contribution < 1.29 is 9.84 Å². The van der Waals surface area contributed by atoms with Crippen LogP contribution in [-0.2, 0) is 11.3 Å². The summed E-state index contributed by atoms with van der Waals surface area (Å²) in [7, 11) is 1.69. The lowest BCUT2D eigenvalue weighted by Crippen LogP contribution is -2.29. The third kappa shape index (κ3) is 5.08. The van der Waals surface area contributed by atoms with Crippen molar-refractivity contribution in [1.82, 2.24) is 4.90 Å². The Morgan fingerprint density at radius 2 is 2.33 bits per heavy atom. The highest BCUT2D eigenvalue weighted by molar-refractivity contribution is 9.10. The van der Waals surface area contributed by atoms with Gasteiger partial charge in [-0.25, -0.2) is 0 Å². The van der Waals surface area contributed by atoms with Crippen molar-refractivity contribution in [1.29, 1.82) is 0 Å². The Morgan fingerprint density at radius 3 is 2.87 bits per heavy atom. The first-order chi connectivity index (χ1) is 7.26. The van der Waals surface area contributed by atoms with E-state index in [1.54, 1.807) is 18.4 Å². The Labute approximate surface area is 103 Å². The fourth-order valence-electron chi connectivity index (χ4n) is 1.29. The first-order valence-electron chi connectivity index (χ1n) is 4.81. The molecule has 86 valence electrons. The summed E-state index contributed by atoms with van der Waals surface area (Å²) >= 11 is 5.16. The quantitative estimate of drug-likeness (QED) is 0.834. The molecule has 15 heavy (non-hydrogen) atoms. The van der Waals surface area contributed by atoms with Crippen LogP contribution in [0.5, 0.6) is 0 Å². The lowest BCUT2D eigenvalue weighted by atomic mass is 10.4. The van der Waals surface area contributed by atoms with Crippen LogP contribution in [-0.4, -0.2) is 43.4 Å². The van der Waals surface area contributed by atoms with E-state index in [1.807, 2.05) is 0 Å². The Hall–Kier alpha value is 0.0600. The first kappa shape index (κ1) is 13.1. The van der Waals surface area contributed by atoms with E-state index in [-0.39, 0.29) is 6.61 Å². The summed E-state index contributed by atoms with van der Waals surface area (Å²) in [5.41, 5.74) is 0. The van der Waals surface area contributed by atoms with Gasteiger partial charge in [-0.3, -0.25) is 4.90 Å². The molecule has 0 aliphatic rings. The van der Waals surface area contributed by atoms with Crippen LogP contribution in [0.25, 0.3) is 0 Å². The molecule has 3 nitrogen and oxygen atoms in total. The average molecular weight is 294 g/mol. The summed E-state index contributed by atoms with van der Waals surface area (Å²) in [5, 5.41) is 11.0. The summed E-state index contributed by atoms with van der Waals surface area (Å²) in [4.78, 5) is 3.48. The van der Waals surface area contributed by atoms with Gasteiger partial charge in [0.15, 0.2) is 0 Å². The van der Waals surface area contributed by atoms with Crippen LogP contribution in [0.2, 0.25) is 0 Å². The summed E-state index contributed by atoms with van der Waals surface area (Å²) < 4.78 is 6.16. The lowest BCUT2D eigenvalue weighted by Gasteiger charge is -2.19. The average Bonchev–Trinajstić information content (AvgIpc) is 2.61. The molecule has 0 aromatic carbocycles. The van der Waals surface area contributed by atoms with Gasteiger partial charge in [0.05, 0.1) is 13.2 Å². The summed E-state index contributed by atoms with van der Waals surface area (Å²) in [6.07, 6.45) is 0. The zero-order valence-corrected chi connectivity index (χ0v) is 11.2. The van der Waals surface area contributed by atoms with Crippen LogP contribution in [0.15, 0.2) is 15.9 Å². The number of hydrogen-bond donors (Lipinski definition) is 1. The number of ether oxygens (including phenoxy) is 1. The molecular weight excluding hydrogens is 278 g/mol. The minimum absolute atomic E-state index is 0.191. The van der Waals surface area contributed by atoms with Crippen LogP contribution in [0.3, 0.4) is 0 Å². The molecular formula is C10H16BrNO2S. The van der Waals surface area contributed by atoms with Crippen LogP contribution in [0.1, 0.15) is 4.88 Å². The number of nitrogens with zero attached hydrogens (tertiary/aromatic N) is 1. The minimum atomic E-state index is 0.191. The van der Waals surface area contributed by atoms with Gasteiger partial charge in [-0.2, -0.15) is 0 Å². The normalized spacial score (nSPS) is 11.2. The maximum Gasteiger partial charge on any atom is 0.0589 e. The highest BCUT2D eigenvalue weighted by Gasteiger charge is 2.06. The van der Waals surface area contributed by atoms with Crippen LogP contribution in [0, 0.1) is 0 Å². The Balaban J connectivity index is 2.42. The van der Waals surface area contributed by atoms with E-state index >= 15 is 0 Å². The molecule has 1 aromatic rings. The van der Waals surface area contributed by atoms with Crippen LogP contribution in [0.4, 0.5) is 0 Å². The van der Waals surface area contributed by atoms with Gasteiger partial charge in [0.25, 0.3) is 0 Å². The largest absolute Gasteiger partial charge is 0.395 e. The van der Waals surface area contributed by atoms with Gasteiger partial charge in [-0.15, -0.1) is 11.3 Å². The van der Waals surface area contributed by atoms with Crippen LogP contribution >= 0.6 is 27.3 Å². The summed E-state index contributed by atoms with van der Waals surface area (Å²) in [6.45, 7) is 3.31. The predicted molar refractivity (Wildman–Crippen MR) is 66.3 cm³/mol. The number of rotatable bonds is 7. The monoisotopic (exact) mass is 293 g/mol. The second-order valence-corrected chi connectivity index (χ2v) is 5.14. The van der Waals surface area contributed by atoms with Gasteiger partial charge in [0.2, 0.25) is 0 Å². The maximum absolute atomic E-state index is 8.93. The molecule has 0 unspecified atom stereocenters. The van der Waals surface area contributed by atoms with Gasteiger partial charge >= 0.3 is 0 Å². The maximum atomic E-state index is 8.93. The van der Waals surface area contributed by atoms with E-state index in [0.29, 0.717) is 13.2 Å². The van der Waals surface area contributed by atoms with Crippen molar-refractivity contribution in [2.24, 2.45) is 0 Å². The second kappa shape index (κ2) is 7.35. The molecule has 1 N–H and O–H groups in total. The van der Waals surface area contributed by atoms with Crippen molar-refractivity contribution in [2.75, 3.05) is 33.4 Å². The van der Waals surface area contributed by atoms with Crippen molar-refractivity contribution in [2.45, 2.75) is 6.54 Å². The molecule has 0 aliphatic carbocycles. The molecule has 0 fully saturated rings. The summed E-state index contributed by atoms with van der Waals surface area (Å²) in [5.74, 6) is 0. The molecule has 0 atom stereocenters. The molecule has 1 heterocycles. The third-order valence-corrected chi connectivity index (χ3v) is 3.71. The molecule has 0 radical (unpaired) electrons. The molecule has 0 spiro atoms. The number of methoxy groups -OCH3 is 1. The molecule has 1 rings (SSSR count). The van der Waals surface area contributed by atoms with Gasteiger partial charge in [0.1, 0.15) is 0 Å². The molecule has 0 saturated carbocycles. The second-order valence-electron chi connectivity index (χ2n) is 3.22. The predicted octanol–water partition coefficient (Wildman–Crippen LogP) is 1.95. The van der Waals surface area contributed by atoms with E-state index in [4.69, 9.17) is 9.84 Å². The first-order valence-corrected chi connectivity index (χ1v) is 6.48. The number of hydrogen-bond acceptors (Lipinski definition) is 4. The van der Waals surface area contributed by atoms with Crippen molar-refractivity contribution in [3.63, 3.8) is 0 Å². The Bertz CT molecular complexity index is 280. The van der Waals surface area contributed by atoms with Crippen LogP contribution < -0.4 is 0 Å². The SMILES string of the molecule is COCCN(CCO)Cc1cc(Br)cs1. The number of thiophene rings is 1. The Kier molecular flexibility index (Phi) is 6.43. The topological polar surface area (TPSA) is 32.7 Å². The highest BCUT2D eigenvalue weighted by atomic mass is 79.9. The van der Waals surface area contributed by atoms with E-state index in [0.717, 1.165) is 17.6 Å². The van der Waals surface area contributed by atoms with E-state index in [1.165, 1.54) is 4.88 Å². The zero-order chi connectivity index (χ0) is 11.1. The van der Waals surface area contributed by atoms with E-state index in [9.17, 15) is 0 Å². The lowest BCUT2D eigenvalue weighted by molar-refractivity contribution is 0.127. The van der Waals surface area contributed by atoms with Crippen molar-refractivity contribution >= 4 is 27.3 Å². The van der Waals surface area contributed by atoms with Gasteiger partial charge < -0.3 is 9.84 Å². The van der Waals surface area contributed by atoms with Gasteiger partial charge in [-0.1, -0.05) is 0 Å². The third-order valence-electron chi connectivity index (χ3n) is 2.03. The number of aliphatic hydroxyl groups excluding tert-OH is 1. The van der Waals surface area contributed by atoms with Crippen molar-refractivity contribution in [3.8, 4) is 0 Å². The molecule has 0 aliphatic heterocycles. The fourth-order valence-corrected chi connectivity index (χ4v) is 2.78. The number of halogens is 1. The molecule has 0 amide bonds. The van der Waals surface area contributed by atoms with E-state index in [2.05, 4.69) is 32.3 Å². The summed E-state index contributed by atoms with van der Waals surface area (Å²) in [6, 6.07) is 2.11. The standard InChI is InChI=1S/C10H16BrNO2S/c1-14-5-3-12(2-4-13)7-10-6-9(11)8-15-10/h6,8,13H,2-5,7H2,1H3. The molecule has 0 saturated heterocycles. The van der Waals surface area contributed by atoms with Crippen molar-refractivity contribution in [3.05, 3.63) is 20.8 Å². The minimum Gasteiger partial charge on any atom is -0.395 e. The van der Waals surface area contributed by atoms with Gasteiger partial charge in [0, 0.05) is 41.5 Å². The van der Waals surface area contributed by atoms with Gasteiger partial charge in [-0.05, 0) is 22.0 Å². The zero-order valence-electron chi connectivity index (χ0n) is 8.78. The number of aliphatic hydroxyl groups is 1. The van der Waals surface area contributed by atoms with E-state index < -0.39 is 0 Å². The molecule has 5 heteroatoms. The highest BCUT2D eigenvalue weighted by Crippen LogP contribution is 2.20. The smallest absolute Gasteiger partial charge is 0.0589 e. The molecule has 1 aromatic heterocycles.